The Kier molecular flexibility index (Phi) is 2.73. The first-order valence-electron chi connectivity index (χ1n) is 6.81. The van der Waals surface area contributed by atoms with Crippen molar-refractivity contribution in [2.45, 2.75) is 51.1 Å². The molecule has 0 aromatic heterocycles. The van der Waals surface area contributed by atoms with Gasteiger partial charge in [-0.1, -0.05) is 12.8 Å². The van der Waals surface area contributed by atoms with Crippen LogP contribution in [-0.4, -0.2) is 48.1 Å². The van der Waals surface area contributed by atoms with Crippen molar-refractivity contribution in [2.75, 3.05) is 26.2 Å². The van der Waals surface area contributed by atoms with Crippen molar-refractivity contribution >= 4 is 0 Å². The molecule has 3 fully saturated rings. The minimum atomic E-state index is 0.847. The van der Waals surface area contributed by atoms with Crippen LogP contribution in [0.3, 0.4) is 0 Å². The summed E-state index contributed by atoms with van der Waals surface area (Å²) in [7, 11) is 0. The Labute approximate surface area is 93.6 Å². The first-order valence-corrected chi connectivity index (χ1v) is 6.81. The third-order valence-corrected chi connectivity index (χ3v) is 4.61. The minimum absolute atomic E-state index is 0.847. The summed E-state index contributed by atoms with van der Waals surface area (Å²) in [6, 6.07) is 1.75. The third kappa shape index (κ3) is 2.21. The summed E-state index contributed by atoms with van der Waals surface area (Å²) in [6.07, 6.45) is 7.37. The van der Waals surface area contributed by atoms with E-state index < -0.39 is 0 Å². The maximum absolute atomic E-state index is 2.75. The highest BCUT2D eigenvalue weighted by atomic mass is 15.3. The van der Waals surface area contributed by atoms with Gasteiger partial charge in [-0.05, 0) is 38.6 Å². The number of rotatable bonds is 3. The van der Waals surface area contributed by atoms with Gasteiger partial charge in [0.05, 0.1) is 0 Å². The Hall–Kier alpha value is -0.0800. The maximum atomic E-state index is 2.75. The van der Waals surface area contributed by atoms with Gasteiger partial charge in [0, 0.05) is 31.7 Å². The molecule has 3 rings (SSSR count). The molecule has 0 spiro atoms. The van der Waals surface area contributed by atoms with E-state index in [0.29, 0.717) is 0 Å². The Balaban J connectivity index is 1.53. The molecule has 0 bridgehead atoms. The number of fused-ring (bicyclic) bond motifs is 1. The summed E-state index contributed by atoms with van der Waals surface area (Å²) in [5.41, 5.74) is 0. The molecule has 0 aromatic carbocycles. The van der Waals surface area contributed by atoms with Crippen molar-refractivity contribution in [1.82, 2.24) is 9.80 Å². The fraction of sp³-hybridized carbons (Fsp3) is 1.00. The molecule has 2 heteroatoms. The van der Waals surface area contributed by atoms with Gasteiger partial charge >= 0.3 is 0 Å². The molecule has 0 amide bonds. The molecule has 2 aliphatic heterocycles. The van der Waals surface area contributed by atoms with Gasteiger partial charge < -0.3 is 0 Å². The van der Waals surface area contributed by atoms with Gasteiger partial charge in [-0.15, -0.1) is 0 Å². The molecule has 2 heterocycles. The second-order valence-electron chi connectivity index (χ2n) is 5.86. The highest BCUT2D eigenvalue weighted by molar-refractivity contribution is 4.89. The van der Waals surface area contributed by atoms with E-state index in [4.69, 9.17) is 0 Å². The lowest BCUT2D eigenvalue weighted by molar-refractivity contribution is 0.0724. The molecule has 2 atom stereocenters. The Morgan fingerprint density at radius 1 is 1.13 bits per heavy atom. The van der Waals surface area contributed by atoms with E-state index >= 15 is 0 Å². The fourth-order valence-corrected chi connectivity index (χ4v) is 3.40. The summed E-state index contributed by atoms with van der Waals surface area (Å²) < 4.78 is 0. The van der Waals surface area contributed by atoms with E-state index in [9.17, 15) is 0 Å². The van der Waals surface area contributed by atoms with Crippen LogP contribution in [0.15, 0.2) is 0 Å². The van der Waals surface area contributed by atoms with Crippen molar-refractivity contribution in [3.05, 3.63) is 0 Å². The average Bonchev–Trinajstić information content (AvgIpc) is 2.94. The molecule has 0 aromatic rings. The number of piperazine rings is 1. The van der Waals surface area contributed by atoms with Crippen LogP contribution in [0.5, 0.6) is 0 Å². The molecular weight excluding hydrogens is 184 g/mol. The molecule has 2 unspecified atom stereocenters. The Bertz CT molecular complexity index is 225. The average molecular weight is 208 g/mol. The zero-order valence-electron chi connectivity index (χ0n) is 9.99. The molecule has 2 nitrogen and oxygen atoms in total. The lowest BCUT2D eigenvalue weighted by atomic mass is 10.1. The first-order chi connectivity index (χ1) is 7.33. The number of hydrogen-bond donors (Lipinski definition) is 0. The fourth-order valence-electron chi connectivity index (χ4n) is 3.40. The summed E-state index contributed by atoms with van der Waals surface area (Å²) in [4.78, 5) is 5.46. The van der Waals surface area contributed by atoms with Gasteiger partial charge in [-0.2, -0.15) is 0 Å². The Morgan fingerprint density at radius 2 is 2.00 bits per heavy atom. The zero-order valence-corrected chi connectivity index (χ0v) is 9.99. The smallest absolute Gasteiger partial charge is 0.0224 e. The second-order valence-corrected chi connectivity index (χ2v) is 5.86. The number of hydrogen-bond acceptors (Lipinski definition) is 2. The SMILES string of the molecule is CC(CC1CC1)N1CCN2CCCC2C1. The van der Waals surface area contributed by atoms with Gasteiger partial charge in [-0.3, -0.25) is 9.80 Å². The van der Waals surface area contributed by atoms with Crippen LogP contribution in [0.2, 0.25) is 0 Å². The van der Waals surface area contributed by atoms with Gasteiger partial charge in [0.15, 0.2) is 0 Å². The van der Waals surface area contributed by atoms with E-state index in [1.807, 2.05) is 0 Å². The van der Waals surface area contributed by atoms with Crippen molar-refractivity contribution in [3.8, 4) is 0 Å². The number of nitrogens with zero attached hydrogens (tertiary/aromatic N) is 2. The van der Waals surface area contributed by atoms with Gasteiger partial charge in [0.2, 0.25) is 0 Å². The van der Waals surface area contributed by atoms with Gasteiger partial charge in [0.1, 0.15) is 0 Å². The topological polar surface area (TPSA) is 6.48 Å². The van der Waals surface area contributed by atoms with Crippen LogP contribution >= 0.6 is 0 Å². The Morgan fingerprint density at radius 3 is 2.80 bits per heavy atom. The largest absolute Gasteiger partial charge is 0.298 e. The van der Waals surface area contributed by atoms with Crippen LogP contribution in [0.25, 0.3) is 0 Å². The molecule has 86 valence electrons. The van der Waals surface area contributed by atoms with E-state index in [1.165, 1.54) is 58.3 Å². The summed E-state index contributed by atoms with van der Waals surface area (Å²) in [5.74, 6) is 1.08. The van der Waals surface area contributed by atoms with E-state index in [0.717, 1.165) is 18.0 Å². The highest BCUT2D eigenvalue weighted by Gasteiger charge is 2.33. The normalized spacial score (nSPS) is 35.4. The van der Waals surface area contributed by atoms with Crippen LogP contribution < -0.4 is 0 Å². The molecular formula is C13H24N2. The molecule has 3 aliphatic rings. The molecule has 2 saturated heterocycles. The third-order valence-electron chi connectivity index (χ3n) is 4.61. The first kappa shape index (κ1) is 10.1. The molecule has 0 N–H and O–H groups in total. The van der Waals surface area contributed by atoms with E-state index in [-0.39, 0.29) is 0 Å². The van der Waals surface area contributed by atoms with Crippen molar-refractivity contribution in [3.63, 3.8) is 0 Å². The monoisotopic (exact) mass is 208 g/mol. The van der Waals surface area contributed by atoms with E-state index in [1.54, 1.807) is 0 Å². The molecule has 1 aliphatic carbocycles. The van der Waals surface area contributed by atoms with Gasteiger partial charge in [0.25, 0.3) is 0 Å². The van der Waals surface area contributed by atoms with Crippen LogP contribution in [-0.2, 0) is 0 Å². The molecule has 0 radical (unpaired) electrons. The summed E-state index contributed by atoms with van der Waals surface area (Å²) in [5, 5.41) is 0. The molecule has 1 saturated carbocycles. The van der Waals surface area contributed by atoms with Crippen LogP contribution in [0, 0.1) is 5.92 Å². The summed E-state index contributed by atoms with van der Waals surface area (Å²) in [6.45, 7) is 7.83. The van der Waals surface area contributed by atoms with E-state index in [2.05, 4.69) is 16.7 Å². The summed E-state index contributed by atoms with van der Waals surface area (Å²) >= 11 is 0. The van der Waals surface area contributed by atoms with Crippen LogP contribution in [0.1, 0.15) is 39.0 Å². The van der Waals surface area contributed by atoms with Crippen molar-refractivity contribution in [1.29, 1.82) is 0 Å². The zero-order chi connectivity index (χ0) is 10.3. The molecule has 15 heavy (non-hydrogen) atoms. The quantitative estimate of drug-likeness (QED) is 0.699. The lowest BCUT2D eigenvalue weighted by Gasteiger charge is -2.40. The predicted molar refractivity (Wildman–Crippen MR) is 63.0 cm³/mol. The highest BCUT2D eigenvalue weighted by Crippen LogP contribution is 2.35. The van der Waals surface area contributed by atoms with Crippen molar-refractivity contribution in [2.24, 2.45) is 5.92 Å². The standard InChI is InChI=1S/C13H24N2/c1-11(9-12-4-5-12)15-8-7-14-6-2-3-13(14)10-15/h11-13H,2-10H2,1H3. The van der Waals surface area contributed by atoms with Gasteiger partial charge in [-0.25, -0.2) is 0 Å². The van der Waals surface area contributed by atoms with Crippen LogP contribution in [0.4, 0.5) is 0 Å². The maximum Gasteiger partial charge on any atom is 0.0224 e. The second kappa shape index (κ2) is 4.06. The lowest BCUT2D eigenvalue weighted by Crippen LogP contribution is -2.52. The minimum Gasteiger partial charge on any atom is -0.298 e. The van der Waals surface area contributed by atoms with Crippen molar-refractivity contribution < 1.29 is 0 Å². The predicted octanol–water partition coefficient (Wildman–Crippen LogP) is 1.96.